The van der Waals surface area contributed by atoms with Crippen LogP contribution in [0.5, 0.6) is 0 Å². The second-order valence-electron chi connectivity index (χ2n) is 5.44. The molecule has 0 atom stereocenters. The zero-order chi connectivity index (χ0) is 13.6. The van der Waals surface area contributed by atoms with Crippen LogP contribution >= 0.6 is 0 Å². The normalized spacial score (nSPS) is 10.7. The van der Waals surface area contributed by atoms with Gasteiger partial charge in [0.05, 0.1) is 7.85 Å². The molecule has 0 aliphatic heterocycles. The summed E-state index contributed by atoms with van der Waals surface area (Å²) in [6, 6.07) is 4.20. The predicted octanol–water partition coefficient (Wildman–Crippen LogP) is 5.11. The number of nitrogens with zero attached hydrogens (tertiary/aromatic N) is 1. The van der Waals surface area contributed by atoms with E-state index in [9.17, 15) is 0 Å². The molecule has 0 aliphatic carbocycles. The lowest BCUT2D eigenvalue weighted by Crippen LogP contribution is -1.87. The van der Waals surface area contributed by atoms with Gasteiger partial charge in [0.2, 0.25) is 0 Å². The average Bonchev–Trinajstić information content (AvgIpc) is 2.46. The Balaban J connectivity index is 1.79. The molecule has 1 nitrogen and oxygen atoms in total. The highest BCUT2D eigenvalue weighted by molar-refractivity contribution is 6.08. The van der Waals surface area contributed by atoms with E-state index in [2.05, 4.69) is 11.1 Å². The summed E-state index contributed by atoms with van der Waals surface area (Å²) in [6.07, 6.45) is 19.5. The summed E-state index contributed by atoms with van der Waals surface area (Å²) in [5.74, 6) is 0. The first-order chi connectivity index (χ1) is 9.43. The molecule has 0 N–H and O–H groups in total. The first-order valence-corrected chi connectivity index (χ1v) is 8.02. The average molecular weight is 257 g/mol. The van der Waals surface area contributed by atoms with Crippen LogP contribution in [0.3, 0.4) is 0 Å². The predicted molar refractivity (Wildman–Crippen MR) is 84.7 cm³/mol. The van der Waals surface area contributed by atoms with Crippen LogP contribution in [0.1, 0.15) is 69.8 Å². The second-order valence-corrected chi connectivity index (χ2v) is 5.44. The minimum Gasteiger partial charge on any atom is -0.264 e. The van der Waals surface area contributed by atoms with Gasteiger partial charge in [-0.3, -0.25) is 4.98 Å². The highest BCUT2D eigenvalue weighted by Gasteiger charge is 1.94. The smallest absolute Gasteiger partial charge is 0.0653 e. The van der Waals surface area contributed by atoms with Crippen LogP contribution in [0, 0.1) is 0 Å². The van der Waals surface area contributed by atoms with E-state index in [1.54, 1.807) is 0 Å². The molecule has 0 aliphatic rings. The van der Waals surface area contributed by atoms with E-state index >= 15 is 0 Å². The van der Waals surface area contributed by atoms with Crippen molar-refractivity contribution >= 4 is 7.85 Å². The minimum absolute atomic E-state index is 0.858. The molecule has 0 unspecified atom stereocenters. The zero-order valence-corrected chi connectivity index (χ0v) is 12.3. The molecule has 2 radical (unpaired) electrons. The first kappa shape index (κ1) is 16.3. The molecular formula is C17H28BN. The Morgan fingerprint density at radius 1 is 0.789 bits per heavy atom. The summed E-state index contributed by atoms with van der Waals surface area (Å²) in [5.41, 5.74) is 1.38. The fourth-order valence-electron chi connectivity index (χ4n) is 2.43. The van der Waals surface area contributed by atoms with Gasteiger partial charge >= 0.3 is 0 Å². The number of hydrogen-bond donors (Lipinski definition) is 0. The Labute approximate surface area is 120 Å². The highest BCUT2D eigenvalue weighted by atomic mass is 14.6. The highest BCUT2D eigenvalue weighted by Crippen LogP contribution is 2.12. The number of hydrogen-bond acceptors (Lipinski definition) is 1. The van der Waals surface area contributed by atoms with Gasteiger partial charge < -0.3 is 0 Å². The van der Waals surface area contributed by atoms with Gasteiger partial charge in [-0.2, -0.15) is 0 Å². The van der Waals surface area contributed by atoms with Gasteiger partial charge in [0.25, 0.3) is 0 Å². The van der Waals surface area contributed by atoms with Gasteiger partial charge in [0.15, 0.2) is 0 Å². The van der Waals surface area contributed by atoms with Crippen LogP contribution in [-0.4, -0.2) is 12.8 Å². The van der Waals surface area contributed by atoms with Gasteiger partial charge in [-0.25, -0.2) is 0 Å². The van der Waals surface area contributed by atoms with Crippen molar-refractivity contribution in [2.75, 3.05) is 0 Å². The Hall–Kier alpha value is -0.785. The number of pyridine rings is 1. The van der Waals surface area contributed by atoms with Gasteiger partial charge in [-0.15, -0.1) is 0 Å². The summed E-state index contributed by atoms with van der Waals surface area (Å²) in [7, 11) is 5.48. The van der Waals surface area contributed by atoms with E-state index in [1.807, 2.05) is 18.5 Å². The Bertz CT molecular complexity index is 287. The van der Waals surface area contributed by atoms with E-state index in [-0.39, 0.29) is 0 Å². The summed E-state index contributed by atoms with van der Waals surface area (Å²) < 4.78 is 0. The molecule has 0 aromatic carbocycles. The van der Waals surface area contributed by atoms with Crippen molar-refractivity contribution in [1.29, 1.82) is 0 Å². The van der Waals surface area contributed by atoms with Crippen molar-refractivity contribution in [3.63, 3.8) is 0 Å². The maximum absolute atomic E-state index is 5.48. The third-order valence-electron chi connectivity index (χ3n) is 3.64. The molecule has 0 fully saturated rings. The van der Waals surface area contributed by atoms with E-state index in [4.69, 9.17) is 7.85 Å². The van der Waals surface area contributed by atoms with E-state index < -0.39 is 0 Å². The van der Waals surface area contributed by atoms with Gasteiger partial charge in [-0.1, -0.05) is 70.2 Å². The van der Waals surface area contributed by atoms with Crippen LogP contribution < -0.4 is 0 Å². The third kappa shape index (κ3) is 9.75. The van der Waals surface area contributed by atoms with Crippen LogP contribution in [0.15, 0.2) is 24.5 Å². The van der Waals surface area contributed by atoms with Crippen LogP contribution in [0.25, 0.3) is 0 Å². The van der Waals surface area contributed by atoms with Crippen molar-refractivity contribution in [2.24, 2.45) is 0 Å². The summed E-state index contributed by atoms with van der Waals surface area (Å²) in [5, 5.41) is 0. The molecule has 1 rings (SSSR count). The largest absolute Gasteiger partial charge is 0.264 e. The molecule has 2 heteroatoms. The molecule has 104 valence electrons. The maximum Gasteiger partial charge on any atom is 0.0653 e. The van der Waals surface area contributed by atoms with Crippen molar-refractivity contribution in [2.45, 2.75) is 76.9 Å². The SMILES string of the molecule is [B]CCCCCCCCCCCCc1cccnc1. The van der Waals surface area contributed by atoms with Crippen LogP contribution in [0.4, 0.5) is 0 Å². The van der Waals surface area contributed by atoms with Crippen molar-refractivity contribution < 1.29 is 0 Å². The van der Waals surface area contributed by atoms with Crippen molar-refractivity contribution in [1.82, 2.24) is 4.98 Å². The Morgan fingerprint density at radius 2 is 1.37 bits per heavy atom. The summed E-state index contributed by atoms with van der Waals surface area (Å²) >= 11 is 0. The monoisotopic (exact) mass is 257 g/mol. The van der Waals surface area contributed by atoms with Gasteiger partial charge in [0.1, 0.15) is 0 Å². The lowest BCUT2D eigenvalue weighted by atomic mass is 9.98. The van der Waals surface area contributed by atoms with E-state index in [0.717, 1.165) is 6.32 Å². The Morgan fingerprint density at radius 3 is 1.89 bits per heavy atom. The van der Waals surface area contributed by atoms with Gasteiger partial charge in [-0.05, 0) is 24.5 Å². The number of aromatic nitrogens is 1. The molecule has 0 spiro atoms. The quantitative estimate of drug-likeness (QED) is 0.374. The van der Waals surface area contributed by atoms with Crippen LogP contribution in [-0.2, 0) is 6.42 Å². The standard InChI is InChI=1S/C17H28BN/c18-14-10-8-6-4-2-1-3-5-7-9-12-17-13-11-15-19-16-17/h11,13,15-16H,1-10,12,14H2. The summed E-state index contributed by atoms with van der Waals surface area (Å²) in [6.45, 7) is 0. The Kier molecular flexibility index (Phi) is 10.5. The molecular weight excluding hydrogens is 229 g/mol. The molecule has 0 saturated carbocycles. The van der Waals surface area contributed by atoms with E-state index in [0.29, 0.717) is 0 Å². The zero-order valence-electron chi connectivity index (χ0n) is 12.3. The lowest BCUT2D eigenvalue weighted by molar-refractivity contribution is 0.556. The third-order valence-corrected chi connectivity index (χ3v) is 3.64. The molecule has 1 aromatic heterocycles. The number of unbranched alkanes of at least 4 members (excludes halogenated alkanes) is 9. The van der Waals surface area contributed by atoms with E-state index in [1.165, 1.54) is 76.2 Å². The summed E-state index contributed by atoms with van der Waals surface area (Å²) in [4.78, 5) is 4.15. The van der Waals surface area contributed by atoms with Crippen molar-refractivity contribution in [3.05, 3.63) is 30.1 Å². The molecule has 1 aromatic rings. The molecule has 1 heterocycles. The topological polar surface area (TPSA) is 12.9 Å². The molecule has 0 amide bonds. The van der Waals surface area contributed by atoms with Gasteiger partial charge in [0, 0.05) is 12.4 Å². The lowest BCUT2D eigenvalue weighted by Gasteiger charge is -2.03. The fraction of sp³-hybridized carbons (Fsp3) is 0.706. The van der Waals surface area contributed by atoms with Crippen LogP contribution in [0.2, 0.25) is 6.32 Å². The first-order valence-electron chi connectivity index (χ1n) is 8.02. The number of aryl methyl sites for hydroxylation is 1. The number of rotatable bonds is 12. The fourth-order valence-corrected chi connectivity index (χ4v) is 2.43. The molecule has 19 heavy (non-hydrogen) atoms. The minimum atomic E-state index is 0.858. The maximum atomic E-state index is 5.48. The molecule has 0 saturated heterocycles. The second kappa shape index (κ2) is 12.3. The molecule has 0 bridgehead atoms. The van der Waals surface area contributed by atoms with Crippen molar-refractivity contribution in [3.8, 4) is 0 Å².